The number of hydrogen-bond acceptors (Lipinski definition) is 3. The summed E-state index contributed by atoms with van der Waals surface area (Å²) in [7, 11) is -1.95. The first-order chi connectivity index (χ1) is 13.0. The maximum Gasteiger partial charge on any atom is 0.407 e. The SMILES string of the molecule is CC(C)(C)[Si](C)(C)OCC1CN(C(=O)O)Cc2cc(-c3cccc(Cl)c3)nn21. The van der Waals surface area contributed by atoms with Gasteiger partial charge in [0, 0.05) is 17.1 Å². The molecule has 0 fully saturated rings. The van der Waals surface area contributed by atoms with E-state index in [1.807, 2.05) is 35.0 Å². The molecule has 28 heavy (non-hydrogen) atoms. The maximum atomic E-state index is 11.6. The number of benzene rings is 1. The van der Waals surface area contributed by atoms with E-state index in [9.17, 15) is 9.90 Å². The van der Waals surface area contributed by atoms with Gasteiger partial charge in [-0.1, -0.05) is 44.5 Å². The van der Waals surface area contributed by atoms with Gasteiger partial charge in [-0.3, -0.25) is 4.68 Å². The first kappa shape index (κ1) is 20.9. The van der Waals surface area contributed by atoms with Gasteiger partial charge < -0.3 is 14.4 Å². The summed E-state index contributed by atoms with van der Waals surface area (Å²) in [5.74, 6) is 0. The lowest BCUT2D eigenvalue weighted by Gasteiger charge is -2.39. The Bertz CT molecular complexity index is 876. The minimum Gasteiger partial charge on any atom is -0.465 e. The highest BCUT2D eigenvalue weighted by Crippen LogP contribution is 2.37. The van der Waals surface area contributed by atoms with Gasteiger partial charge in [-0.05, 0) is 36.3 Å². The second-order valence-electron chi connectivity index (χ2n) is 8.86. The largest absolute Gasteiger partial charge is 0.465 e. The number of fused-ring (bicyclic) bond motifs is 1. The standard InChI is InChI=1S/C20H28ClN3O3Si/c1-20(2,3)28(4,5)27-13-17-12-23(19(25)26)11-16-10-18(22-24(16)17)14-7-6-8-15(21)9-14/h6-10,17H,11-13H2,1-5H3,(H,25,26). The molecule has 1 atom stereocenters. The molecule has 3 rings (SSSR count). The van der Waals surface area contributed by atoms with Crippen LogP contribution in [0.2, 0.25) is 23.2 Å². The molecular formula is C20H28ClN3O3Si. The van der Waals surface area contributed by atoms with Gasteiger partial charge in [0.1, 0.15) is 0 Å². The maximum absolute atomic E-state index is 11.6. The van der Waals surface area contributed by atoms with Crippen molar-refractivity contribution in [3.8, 4) is 11.3 Å². The summed E-state index contributed by atoms with van der Waals surface area (Å²) >= 11 is 6.12. The second kappa shape index (κ2) is 7.53. The minimum atomic E-state index is -1.95. The van der Waals surface area contributed by atoms with Gasteiger partial charge in [0.15, 0.2) is 8.32 Å². The van der Waals surface area contributed by atoms with E-state index in [-0.39, 0.29) is 11.1 Å². The molecule has 1 aliphatic rings. The fourth-order valence-electron chi connectivity index (χ4n) is 3.04. The van der Waals surface area contributed by atoms with Crippen molar-refractivity contribution < 1.29 is 14.3 Å². The molecule has 0 bridgehead atoms. The van der Waals surface area contributed by atoms with Crippen LogP contribution in [0.5, 0.6) is 0 Å². The van der Waals surface area contributed by atoms with E-state index in [0.717, 1.165) is 17.0 Å². The van der Waals surface area contributed by atoms with Crippen LogP contribution in [0.1, 0.15) is 32.5 Å². The van der Waals surface area contributed by atoms with Gasteiger partial charge in [0.2, 0.25) is 0 Å². The Morgan fingerprint density at radius 1 is 1.36 bits per heavy atom. The fraction of sp³-hybridized carbons (Fsp3) is 0.500. The van der Waals surface area contributed by atoms with Gasteiger partial charge in [0.25, 0.3) is 0 Å². The first-order valence-corrected chi connectivity index (χ1v) is 12.7. The molecule has 1 aliphatic heterocycles. The molecule has 2 heterocycles. The molecule has 1 amide bonds. The van der Waals surface area contributed by atoms with Crippen LogP contribution in [0.15, 0.2) is 30.3 Å². The Morgan fingerprint density at radius 2 is 2.07 bits per heavy atom. The third-order valence-electron chi connectivity index (χ3n) is 5.78. The summed E-state index contributed by atoms with van der Waals surface area (Å²) in [5, 5.41) is 15.1. The number of amides is 1. The van der Waals surface area contributed by atoms with Crippen LogP contribution in [-0.2, 0) is 11.0 Å². The van der Waals surface area contributed by atoms with Crippen molar-refractivity contribution in [2.75, 3.05) is 13.2 Å². The third kappa shape index (κ3) is 4.26. The van der Waals surface area contributed by atoms with Gasteiger partial charge >= 0.3 is 6.09 Å². The quantitative estimate of drug-likeness (QED) is 0.683. The Kier molecular flexibility index (Phi) is 5.62. The number of hydrogen-bond donors (Lipinski definition) is 1. The monoisotopic (exact) mass is 421 g/mol. The average Bonchev–Trinajstić information content (AvgIpc) is 3.03. The molecule has 2 aromatic rings. The molecule has 1 aromatic carbocycles. The fourth-order valence-corrected chi connectivity index (χ4v) is 4.27. The summed E-state index contributed by atoms with van der Waals surface area (Å²) < 4.78 is 8.32. The van der Waals surface area contributed by atoms with Crippen molar-refractivity contribution in [1.29, 1.82) is 0 Å². The molecule has 1 unspecified atom stereocenters. The molecule has 8 heteroatoms. The van der Waals surface area contributed by atoms with E-state index >= 15 is 0 Å². The summed E-state index contributed by atoms with van der Waals surface area (Å²) in [5.41, 5.74) is 2.58. The average molecular weight is 422 g/mol. The number of halogens is 1. The van der Waals surface area contributed by atoms with Crippen LogP contribution in [0, 0.1) is 0 Å². The Hall–Kier alpha value is -1.83. The molecule has 1 aromatic heterocycles. The molecule has 0 saturated carbocycles. The number of carbonyl (C=O) groups is 1. The highest BCUT2D eigenvalue weighted by molar-refractivity contribution is 6.74. The van der Waals surface area contributed by atoms with Gasteiger partial charge in [-0.15, -0.1) is 0 Å². The number of nitrogens with zero attached hydrogens (tertiary/aromatic N) is 3. The molecule has 0 aliphatic carbocycles. The van der Waals surface area contributed by atoms with Crippen molar-refractivity contribution in [3.63, 3.8) is 0 Å². The van der Waals surface area contributed by atoms with Crippen molar-refractivity contribution in [2.24, 2.45) is 0 Å². The van der Waals surface area contributed by atoms with Crippen LogP contribution in [0.3, 0.4) is 0 Å². The molecule has 0 saturated heterocycles. The van der Waals surface area contributed by atoms with Crippen molar-refractivity contribution >= 4 is 26.0 Å². The smallest absolute Gasteiger partial charge is 0.407 e. The molecule has 1 N–H and O–H groups in total. The van der Waals surface area contributed by atoms with Crippen molar-refractivity contribution in [2.45, 2.75) is 51.5 Å². The Labute approximate surface area is 172 Å². The normalized spacial score (nSPS) is 17.5. The summed E-state index contributed by atoms with van der Waals surface area (Å²) in [6.45, 7) is 12.1. The second-order valence-corrected chi connectivity index (χ2v) is 14.1. The zero-order chi connectivity index (χ0) is 20.7. The van der Waals surface area contributed by atoms with E-state index in [0.29, 0.717) is 24.7 Å². The zero-order valence-corrected chi connectivity index (χ0v) is 18.8. The lowest BCUT2D eigenvalue weighted by atomic mass is 10.1. The summed E-state index contributed by atoms with van der Waals surface area (Å²) in [6, 6.07) is 9.32. The topological polar surface area (TPSA) is 67.6 Å². The van der Waals surface area contributed by atoms with Crippen LogP contribution in [0.25, 0.3) is 11.3 Å². The molecule has 6 nitrogen and oxygen atoms in total. The van der Waals surface area contributed by atoms with Crippen LogP contribution in [-0.4, -0.2) is 47.3 Å². The van der Waals surface area contributed by atoms with E-state index in [1.165, 1.54) is 4.90 Å². The minimum absolute atomic E-state index is 0.0903. The van der Waals surface area contributed by atoms with Gasteiger partial charge in [-0.25, -0.2) is 4.79 Å². The Morgan fingerprint density at radius 3 is 2.68 bits per heavy atom. The molecule has 152 valence electrons. The van der Waals surface area contributed by atoms with Crippen LogP contribution < -0.4 is 0 Å². The highest BCUT2D eigenvalue weighted by Gasteiger charge is 2.39. The van der Waals surface area contributed by atoms with E-state index in [2.05, 4.69) is 33.9 Å². The summed E-state index contributed by atoms with van der Waals surface area (Å²) in [4.78, 5) is 13.1. The van der Waals surface area contributed by atoms with Crippen LogP contribution >= 0.6 is 11.6 Å². The van der Waals surface area contributed by atoms with Gasteiger partial charge in [-0.2, -0.15) is 5.10 Å². The number of carboxylic acid groups (broad SMARTS) is 1. The molecule has 0 radical (unpaired) electrons. The van der Waals surface area contributed by atoms with Crippen LogP contribution in [0.4, 0.5) is 4.79 Å². The van der Waals surface area contributed by atoms with Gasteiger partial charge in [0.05, 0.1) is 30.6 Å². The number of aromatic nitrogens is 2. The lowest BCUT2D eigenvalue weighted by molar-refractivity contribution is 0.103. The van der Waals surface area contributed by atoms with E-state index < -0.39 is 14.4 Å². The number of rotatable bonds is 4. The summed E-state index contributed by atoms with van der Waals surface area (Å²) in [6.07, 6.45) is -0.922. The Balaban J connectivity index is 1.90. The third-order valence-corrected chi connectivity index (χ3v) is 10.5. The van der Waals surface area contributed by atoms with E-state index in [4.69, 9.17) is 21.1 Å². The van der Waals surface area contributed by atoms with E-state index in [1.54, 1.807) is 0 Å². The first-order valence-electron chi connectivity index (χ1n) is 9.44. The van der Waals surface area contributed by atoms with Crippen molar-refractivity contribution in [3.05, 3.63) is 41.0 Å². The predicted octanol–water partition coefficient (Wildman–Crippen LogP) is 5.26. The molecular weight excluding hydrogens is 394 g/mol. The predicted molar refractivity (Wildman–Crippen MR) is 113 cm³/mol. The highest BCUT2D eigenvalue weighted by atomic mass is 35.5. The van der Waals surface area contributed by atoms with Crippen molar-refractivity contribution in [1.82, 2.24) is 14.7 Å². The molecule has 0 spiro atoms. The zero-order valence-electron chi connectivity index (χ0n) is 17.1. The lowest BCUT2D eigenvalue weighted by Crippen LogP contribution is -2.46.